The van der Waals surface area contributed by atoms with E-state index in [0.29, 0.717) is 6.04 Å². The average Bonchev–Trinajstić information content (AvgIpc) is 2.33. The molecular weight excluding hydrogens is 124 g/mol. The molecule has 1 N–H and O–H groups in total. The summed E-state index contributed by atoms with van der Waals surface area (Å²) in [5, 5.41) is 3.39. The van der Waals surface area contributed by atoms with Crippen LogP contribution in [0.15, 0.2) is 0 Å². The van der Waals surface area contributed by atoms with Crippen molar-refractivity contribution in [1.82, 2.24) is 10.2 Å². The third kappa shape index (κ3) is 1.06. The third-order valence-corrected chi connectivity index (χ3v) is 2.50. The highest BCUT2D eigenvalue weighted by Gasteiger charge is 2.29. The van der Waals surface area contributed by atoms with Crippen LogP contribution in [0.3, 0.4) is 0 Å². The van der Waals surface area contributed by atoms with Crippen molar-refractivity contribution in [2.24, 2.45) is 0 Å². The predicted octanol–water partition coefficient (Wildman–Crippen LogP) is 0.604. The monoisotopic (exact) mass is 139 g/mol. The van der Waals surface area contributed by atoms with Gasteiger partial charge in [-0.1, -0.05) is 0 Å². The van der Waals surface area contributed by atoms with Gasteiger partial charge in [-0.05, 0) is 26.3 Å². The van der Waals surface area contributed by atoms with Crippen LogP contribution in [-0.2, 0) is 0 Å². The Labute approximate surface area is 62.6 Å². The van der Waals surface area contributed by atoms with Gasteiger partial charge < -0.3 is 5.32 Å². The smallest absolute Gasteiger partial charge is 0.0395 e. The van der Waals surface area contributed by atoms with Crippen molar-refractivity contribution in [3.05, 3.63) is 6.54 Å². The molecular formula is C8H15N2. The van der Waals surface area contributed by atoms with Crippen molar-refractivity contribution in [2.45, 2.75) is 31.8 Å². The van der Waals surface area contributed by atoms with Crippen LogP contribution < -0.4 is 5.32 Å². The Morgan fingerprint density at radius 2 is 2.50 bits per heavy atom. The molecule has 2 aliphatic rings. The van der Waals surface area contributed by atoms with Crippen LogP contribution in [0, 0.1) is 6.54 Å². The summed E-state index contributed by atoms with van der Waals surface area (Å²) < 4.78 is 0. The first-order valence-corrected chi connectivity index (χ1v) is 4.20. The lowest BCUT2D eigenvalue weighted by atomic mass is 10.1. The topological polar surface area (TPSA) is 15.3 Å². The van der Waals surface area contributed by atoms with Gasteiger partial charge in [-0.2, -0.15) is 0 Å². The van der Waals surface area contributed by atoms with Gasteiger partial charge >= 0.3 is 0 Å². The summed E-state index contributed by atoms with van der Waals surface area (Å²) in [5.41, 5.74) is 0. The van der Waals surface area contributed by atoms with E-state index in [1.54, 1.807) is 0 Å². The normalized spacial score (nSPS) is 41.7. The molecule has 1 radical (unpaired) electrons. The van der Waals surface area contributed by atoms with Gasteiger partial charge in [0.2, 0.25) is 0 Å². The fraction of sp³-hybridized carbons (Fsp3) is 0.875. The van der Waals surface area contributed by atoms with Crippen molar-refractivity contribution >= 4 is 0 Å². The SMILES string of the molecule is CC1CN2CCCC2[CH]N1. The molecule has 0 aromatic rings. The van der Waals surface area contributed by atoms with Crippen LogP contribution in [0.1, 0.15) is 19.8 Å². The molecule has 0 aliphatic carbocycles. The summed E-state index contributed by atoms with van der Waals surface area (Å²) in [4.78, 5) is 2.57. The maximum atomic E-state index is 3.39. The molecule has 2 rings (SSSR count). The van der Waals surface area contributed by atoms with Crippen molar-refractivity contribution in [1.29, 1.82) is 0 Å². The van der Waals surface area contributed by atoms with Crippen LogP contribution in [0.4, 0.5) is 0 Å². The molecule has 2 heterocycles. The molecule has 0 saturated carbocycles. The minimum atomic E-state index is 0.661. The summed E-state index contributed by atoms with van der Waals surface area (Å²) in [6.45, 7) is 7.06. The fourth-order valence-electron chi connectivity index (χ4n) is 1.95. The van der Waals surface area contributed by atoms with E-state index < -0.39 is 0 Å². The van der Waals surface area contributed by atoms with E-state index >= 15 is 0 Å². The predicted molar refractivity (Wildman–Crippen MR) is 41.5 cm³/mol. The molecule has 0 aromatic heterocycles. The summed E-state index contributed by atoms with van der Waals surface area (Å²) >= 11 is 0. The van der Waals surface area contributed by atoms with Crippen molar-refractivity contribution in [3.8, 4) is 0 Å². The average molecular weight is 139 g/mol. The van der Waals surface area contributed by atoms with Crippen molar-refractivity contribution in [2.75, 3.05) is 13.1 Å². The molecule has 2 saturated heterocycles. The Morgan fingerprint density at radius 1 is 1.60 bits per heavy atom. The van der Waals surface area contributed by atoms with E-state index in [2.05, 4.69) is 23.7 Å². The standard InChI is InChI=1S/C8H15N2/c1-7-6-10-4-2-3-8(10)5-9-7/h5,7-9H,2-4,6H2,1H3. The molecule has 2 atom stereocenters. The van der Waals surface area contributed by atoms with E-state index in [4.69, 9.17) is 0 Å². The first kappa shape index (κ1) is 6.62. The van der Waals surface area contributed by atoms with Crippen LogP contribution in [0.5, 0.6) is 0 Å². The second-order valence-corrected chi connectivity index (χ2v) is 3.44. The van der Waals surface area contributed by atoms with Crippen molar-refractivity contribution < 1.29 is 0 Å². The maximum Gasteiger partial charge on any atom is 0.0395 e. The molecule has 0 aromatic carbocycles. The number of fused-ring (bicyclic) bond motifs is 1. The molecule has 2 aliphatic heterocycles. The number of nitrogens with zero attached hydrogens (tertiary/aromatic N) is 1. The number of nitrogens with one attached hydrogen (secondary N) is 1. The molecule has 10 heavy (non-hydrogen) atoms. The first-order chi connectivity index (χ1) is 4.86. The summed E-state index contributed by atoms with van der Waals surface area (Å²) in [6.07, 6.45) is 2.75. The lowest BCUT2D eigenvalue weighted by molar-refractivity contribution is 0.208. The van der Waals surface area contributed by atoms with Crippen LogP contribution in [0.25, 0.3) is 0 Å². The lowest BCUT2D eigenvalue weighted by Crippen LogP contribution is -2.49. The molecule has 2 unspecified atom stereocenters. The highest BCUT2D eigenvalue weighted by molar-refractivity contribution is 4.95. The summed E-state index contributed by atoms with van der Waals surface area (Å²) in [5.74, 6) is 0. The molecule has 57 valence electrons. The number of rotatable bonds is 0. The zero-order valence-electron chi connectivity index (χ0n) is 6.51. The van der Waals surface area contributed by atoms with Gasteiger partial charge in [0.1, 0.15) is 0 Å². The van der Waals surface area contributed by atoms with Gasteiger partial charge in [-0.15, -0.1) is 0 Å². The lowest BCUT2D eigenvalue weighted by Gasteiger charge is -2.33. The third-order valence-electron chi connectivity index (χ3n) is 2.50. The van der Waals surface area contributed by atoms with Crippen LogP contribution in [-0.4, -0.2) is 30.1 Å². The van der Waals surface area contributed by atoms with E-state index in [1.165, 1.54) is 25.9 Å². The zero-order valence-corrected chi connectivity index (χ0v) is 6.51. The second kappa shape index (κ2) is 2.51. The molecule has 0 spiro atoms. The van der Waals surface area contributed by atoms with E-state index in [9.17, 15) is 0 Å². The summed E-state index contributed by atoms with van der Waals surface area (Å²) in [6, 6.07) is 1.41. The van der Waals surface area contributed by atoms with E-state index in [1.807, 2.05) is 0 Å². The molecule has 2 nitrogen and oxygen atoms in total. The number of hydrogen-bond donors (Lipinski definition) is 1. The van der Waals surface area contributed by atoms with Crippen LogP contribution in [0.2, 0.25) is 0 Å². The number of hydrogen-bond acceptors (Lipinski definition) is 2. The Hall–Kier alpha value is -0.0800. The largest absolute Gasteiger partial charge is 0.307 e. The highest BCUT2D eigenvalue weighted by Crippen LogP contribution is 2.21. The minimum Gasteiger partial charge on any atom is -0.307 e. The quantitative estimate of drug-likeness (QED) is 0.529. The van der Waals surface area contributed by atoms with Gasteiger partial charge in [0.15, 0.2) is 0 Å². The minimum absolute atomic E-state index is 0.661. The highest BCUT2D eigenvalue weighted by atomic mass is 15.2. The number of piperazine rings is 1. The molecule has 0 amide bonds. The Balaban J connectivity index is 1.96. The van der Waals surface area contributed by atoms with Gasteiger partial charge in [0.25, 0.3) is 0 Å². The first-order valence-electron chi connectivity index (χ1n) is 4.20. The van der Waals surface area contributed by atoms with Crippen molar-refractivity contribution in [3.63, 3.8) is 0 Å². The molecule has 0 bridgehead atoms. The van der Waals surface area contributed by atoms with Crippen LogP contribution >= 0.6 is 0 Å². The Morgan fingerprint density at radius 3 is 3.40 bits per heavy atom. The molecule has 2 fully saturated rings. The fourth-order valence-corrected chi connectivity index (χ4v) is 1.95. The Bertz CT molecular complexity index is 124. The van der Waals surface area contributed by atoms with E-state index in [-0.39, 0.29) is 0 Å². The molecule has 2 heteroatoms. The Kier molecular flexibility index (Phi) is 1.66. The van der Waals surface area contributed by atoms with Gasteiger partial charge in [0, 0.05) is 25.2 Å². The van der Waals surface area contributed by atoms with Gasteiger partial charge in [-0.25, -0.2) is 0 Å². The zero-order chi connectivity index (χ0) is 6.97. The van der Waals surface area contributed by atoms with Gasteiger partial charge in [0.05, 0.1) is 0 Å². The summed E-state index contributed by atoms with van der Waals surface area (Å²) in [7, 11) is 0. The maximum absolute atomic E-state index is 3.39. The second-order valence-electron chi connectivity index (χ2n) is 3.44. The van der Waals surface area contributed by atoms with Gasteiger partial charge in [-0.3, -0.25) is 4.90 Å². The van der Waals surface area contributed by atoms with E-state index in [0.717, 1.165) is 6.04 Å².